The van der Waals surface area contributed by atoms with Crippen LogP contribution in [0.3, 0.4) is 0 Å². The van der Waals surface area contributed by atoms with Crippen molar-refractivity contribution in [1.82, 2.24) is 19.4 Å². The zero-order chi connectivity index (χ0) is 24.0. The van der Waals surface area contributed by atoms with E-state index in [4.69, 9.17) is 0 Å². The fourth-order valence-electron chi connectivity index (χ4n) is 3.26. The number of benzene rings is 1. The predicted molar refractivity (Wildman–Crippen MR) is 109 cm³/mol. The minimum atomic E-state index is -4.84. The van der Waals surface area contributed by atoms with Crippen molar-refractivity contribution in [2.45, 2.75) is 33.0 Å². The second kappa shape index (κ2) is 7.93. The van der Waals surface area contributed by atoms with Crippen molar-refractivity contribution in [3.05, 3.63) is 50.8 Å². The Hall–Kier alpha value is -3.42. The Morgan fingerprint density at radius 1 is 1.22 bits per heavy atom. The van der Waals surface area contributed by atoms with Crippen LogP contribution < -0.4 is 15.7 Å². The number of carbonyl (C=O) groups is 1. The fourth-order valence-corrected chi connectivity index (χ4v) is 4.20. The third-order valence-electron chi connectivity index (χ3n) is 4.62. The van der Waals surface area contributed by atoms with Gasteiger partial charge in [0.2, 0.25) is 0 Å². The fraction of sp³-hybridized carbons (Fsp3) is 0.333. The van der Waals surface area contributed by atoms with Crippen molar-refractivity contribution in [3.63, 3.8) is 0 Å². The van der Waals surface area contributed by atoms with Gasteiger partial charge in [-0.3, -0.25) is 14.3 Å². The predicted octanol–water partition coefficient (Wildman–Crippen LogP) is 1.43. The van der Waals surface area contributed by atoms with E-state index in [2.05, 4.69) is 10.1 Å². The molecular formula is C18H18F3N5O5S. The molecule has 3 aromatic rings. The average molecular weight is 473 g/mol. The number of nitrogens with one attached hydrogen (secondary N) is 1. The highest BCUT2D eigenvalue weighted by Crippen LogP contribution is 2.38. The number of halogens is 3. The summed E-state index contributed by atoms with van der Waals surface area (Å²) in [5.41, 5.74) is -4.58. The topological polar surface area (TPSA) is 127 Å². The third kappa shape index (κ3) is 3.92. The van der Waals surface area contributed by atoms with E-state index in [0.717, 1.165) is 6.07 Å². The number of H-pyrrole nitrogens is 1. The maximum atomic E-state index is 13.8. The van der Waals surface area contributed by atoms with Gasteiger partial charge in [0, 0.05) is 24.7 Å². The van der Waals surface area contributed by atoms with Gasteiger partial charge in [-0.15, -0.1) is 9.09 Å². The molecule has 2 heterocycles. The molecule has 10 nitrogen and oxygen atoms in total. The molecule has 14 heteroatoms. The van der Waals surface area contributed by atoms with Crippen molar-refractivity contribution in [2.24, 2.45) is 0 Å². The first kappa shape index (κ1) is 23.2. The number of amides is 1. The lowest BCUT2D eigenvalue weighted by molar-refractivity contribution is -0.137. The Labute approximate surface area is 178 Å². The molecule has 0 fully saturated rings. The lowest BCUT2D eigenvalue weighted by Crippen LogP contribution is -2.55. The van der Waals surface area contributed by atoms with Crippen molar-refractivity contribution >= 4 is 26.8 Å². The summed E-state index contributed by atoms with van der Waals surface area (Å²) < 4.78 is 67.0. The van der Waals surface area contributed by atoms with Gasteiger partial charge < -0.3 is 4.98 Å². The summed E-state index contributed by atoms with van der Waals surface area (Å²) in [7, 11) is -4.41. The molecule has 0 radical (unpaired) electrons. The quantitative estimate of drug-likeness (QED) is 0.597. The average Bonchev–Trinajstić information content (AvgIpc) is 3.16. The SMILES string of the molecule is CCC(=O)N(n1c(=O)[nH]c2cc(C(F)(F)F)c(-c3ccnn3CC)cc2c1=O)S(C)(=O)=O. The smallest absolute Gasteiger partial charge is 0.305 e. The summed E-state index contributed by atoms with van der Waals surface area (Å²) in [6.07, 6.45) is -3.28. The highest BCUT2D eigenvalue weighted by Gasteiger charge is 2.36. The van der Waals surface area contributed by atoms with Crippen molar-refractivity contribution < 1.29 is 26.4 Å². The van der Waals surface area contributed by atoms with Gasteiger partial charge in [-0.1, -0.05) is 6.92 Å². The molecular weight excluding hydrogens is 455 g/mol. The second-order valence-corrected chi connectivity index (χ2v) is 8.59. The van der Waals surface area contributed by atoms with E-state index in [1.807, 2.05) is 0 Å². The Kier molecular flexibility index (Phi) is 5.76. The number of aryl methyl sites for hydroxylation is 1. The molecule has 0 aliphatic carbocycles. The number of alkyl halides is 3. The van der Waals surface area contributed by atoms with Crippen LogP contribution in [0.25, 0.3) is 22.2 Å². The number of carbonyl (C=O) groups excluding carboxylic acids is 1. The normalized spacial score (nSPS) is 12.3. The monoisotopic (exact) mass is 473 g/mol. The molecule has 1 N–H and O–H groups in total. The molecule has 172 valence electrons. The molecule has 0 unspecified atom stereocenters. The summed E-state index contributed by atoms with van der Waals surface area (Å²) >= 11 is 0. The summed E-state index contributed by atoms with van der Waals surface area (Å²) in [4.78, 5) is 39.8. The number of nitrogens with zero attached hydrogens (tertiary/aromatic N) is 4. The number of sulfonamides is 1. The van der Waals surface area contributed by atoms with Crippen LogP contribution in [0.1, 0.15) is 25.8 Å². The van der Waals surface area contributed by atoms with E-state index in [-0.39, 0.29) is 27.7 Å². The van der Waals surface area contributed by atoms with Crippen LogP contribution in [-0.4, -0.2) is 40.0 Å². The van der Waals surface area contributed by atoms with Crippen LogP contribution in [0.2, 0.25) is 0 Å². The molecule has 0 saturated carbocycles. The lowest BCUT2D eigenvalue weighted by atomic mass is 10.0. The number of fused-ring (bicyclic) bond motifs is 1. The van der Waals surface area contributed by atoms with Crippen LogP contribution in [0, 0.1) is 0 Å². The molecule has 0 bridgehead atoms. The van der Waals surface area contributed by atoms with Crippen molar-refractivity contribution in [1.29, 1.82) is 0 Å². The number of hydrogen-bond acceptors (Lipinski definition) is 6. The Morgan fingerprint density at radius 2 is 1.88 bits per heavy atom. The van der Waals surface area contributed by atoms with E-state index < -0.39 is 55.4 Å². The molecule has 0 aliphatic rings. The van der Waals surface area contributed by atoms with Crippen LogP contribution in [0.4, 0.5) is 13.2 Å². The lowest BCUT2D eigenvalue weighted by Gasteiger charge is -2.21. The van der Waals surface area contributed by atoms with Gasteiger partial charge in [0.05, 0.1) is 28.4 Å². The highest BCUT2D eigenvalue weighted by molar-refractivity contribution is 7.92. The van der Waals surface area contributed by atoms with E-state index in [0.29, 0.717) is 12.3 Å². The number of aromatic amines is 1. The summed E-state index contributed by atoms with van der Waals surface area (Å²) in [6.45, 7) is 3.22. The summed E-state index contributed by atoms with van der Waals surface area (Å²) in [5, 5.41) is 3.52. The van der Waals surface area contributed by atoms with E-state index in [1.165, 1.54) is 23.9 Å². The van der Waals surface area contributed by atoms with E-state index >= 15 is 0 Å². The molecule has 3 rings (SSSR count). The van der Waals surface area contributed by atoms with Crippen LogP contribution in [-0.2, 0) is 27.5 Å². The molecule has 2 aromatic heterocycles. The van der Waals surface area contributed by atoms with Crippen LogP contribution >= 0.6 is 0 Å². The molecule has 32 heavy (non-hydrogen) atoms. The standard InChI is InChI=1S/C18H18F3N5O5S/c1-4-15(27)26(32(3,30)31)25-16(28)11-8-10(14-6-7-22-24(14)5-2)12(18(19,20)21)9-13(11)23-17(25)29/h6-9H,4-5H2,1-3H3,(H,23,29). The van der Waals surface area contributed by atoms with Gasteiger partial charge in [0.25, 0.3) is 21.5 Å². The van der Waals surface area contributed by atoms with Gasteiger partial charge in [0.15, 0.2) is 0 Å². The zero-order valence-corrected chi connectivity index (χ0v) is 17.9. The Balaban J connectivity index is 2.47. The van der Waals surface area contributed by atoms with Gasteiger partial charge in [-0.05, 0) is 25.1 Å². The maximum absolute atomic E-state index is 13.8. The number of aromatic nitrogens is 4. The van der Waals surface area contributed by atoms with Crippen molar-refractivity contribution in [2.75, 3.05) is 10.7 Å². The Bertz CT molecular complexity index is 1440. The second-order valence-electron chi connectivity index (χ2n) is 6.77. The first-order valence-corrected chi connectivity index (χ1v) is 11.1. The molecule has 0 spiro atoms. The minimum Gasteiger partial charge on any atom is -0.305 e. The number of hydrogen-bond donors (Lipinski definition) is 1. The maximum Gasteiger partial charge on any atom is 0.417 e. The largest absolute Gasteiger partial charge is 0.417 e. The minimum absolute atomic E-state index is 0.00123. The first-order chi connectivity index (χ1) is 14.8. The zero-order valence-electron chi connectivity index (χ0n) is 17.1. The molecule has 0 atom stereocenters. The molecule has 0 aliphatic heterocycles. The van der Waals surface area contributed by atoms with Gasteiger partial charge in [0.1, 0.15) is 0 Å². The molecule has 1 amide bonds. The number of rotatable bonds is 5. The van der Waals surface area contributed by atoms with Gasteiger partial charge >= 0.3 is 11.9 Å². The van der Waals surface area contributed by atoms with Gasteiger partial charge in [-0.25, -0.2) is 13.2 Å². The Morgan fingerprint density at radius 3 is 2.41 bits per heavy atom. The van der Waals surface area contributed by atoms with Crippen molar-refractivity contribution in [3.8, 4) is 11.3 Å². The molecule has 1 aromatic carbocycles. The third-order valence-corrected chi connectivity index (χ3v) is 5.62. The van der Waals surface area contributed by atoms with Gasteiger partial charge in [-0.2, -0.15) is 18.3 Å². The van der Waals surface area contributed by atoms with Crippen LogP contribution in [0.15, 0.2) is 34.0 Å². The summed E-state index contributed by atoms with van der Waals surface area (Å²) in [6, 6.07) is 2.82. The van der Waals surface area contributed by atoms with E-state index in [1.54, 1.807) is 6.92 Å². The molecule has 0 saturated heterocycles. The van der Waals surface area contributed by atoms with E-state index in [9.17, 15) is 36.0 Å². The highest BCUT2D eigenvalue weighted by atomic mass is 32.2. The summed E-state index contributed by atoms with van der Waals surface area (Å²) in [5.74, 6) is -1.07. The first-order valence-electron chi connectivity index (χ1n) is 9.27. The van der Waals surface area contributed by atoms with Crippen LogP contribution in [0.5, 0.6) is 0 Å².